The Hall–Kier alpha value is -0.120. The summed E-state index contributed by atoms with van der Waals surface area (Å²) in [6.07, 6.45) is 8.85. The quantitative estimate of drug-likeness (QED) is 0.693. The zero-order chi connectivity index (χ0) is 13.1. The van der Waals surface area contributed by atoms with Gasteiger partial charge in [0.25, 0.3) is 0 Å². The van der Waals surface area contributed by atoms with Gasteiger partial charge in [0, 0.05) is 38.8 Å². The topological polar surface area (TPSA) is 24.5 Å². The van der Waals surface area contributed by atoms with Gasteiger partial charge in [0.05, 0.1) is 6.10 Å². The Balaban J connectivity index is 1.36. The Morgan fingerprint density at radius 1 is 1.11 bits per heavy atom. The molecule has 0 aromatic heterocycles. The summed E-state index contributed by atoms with van der Waals surface area (Å²) in [4.78, 5) is 2.75. The summed E-state index contributed by atoms with van der Waals surface area (Å²) in [5, 5.41) is 3.63. The fraction of sp³-hybridized carbons (Fsp3) is 1.00. The lowest BCUT2D eigenvalue weighted by Gasteiger charge is -2.30. The maximum atomic E-state index is 5.67. The monoisotopic (exact) mass is 266 g/mol. The van der Waals surface area contributed by atoms with E-state index in [4.69, 9.17) is 4.74 Å². The van der Waals surface area contributed by atoms with Gasteiger partial charge in [0.1, 0.15) is 0 Å². The highest BCUT2D eigenvalue weighted by Gasteiger charge is 2.31. The molecule has 3 fully saturated rings. The molecule has 0 bridgehead atoms. The number of rotatable bonds is 9. The molecule has 0 aromatic carbocycles. The third-order valence-electron chi connectivity index (χ3n) is 4.84. The summed E-state index contributed by atoms with van der Waals surface area (Å²) in [5.41, 5.74) is 0. The smallest absolute Gasteiger partial charge is 0.0700 e. The lowest BCUT2D eigenvalue weighted by atomic mass is 10.2. The van der Waals surface area contributed by atoms with Gasteiger partial charge in [-0.3, -0.25) is 4.90 Å². The van der Waals surface area contributed by atoms with Gasteiger partial charge in [0.2, 0.25) is 0 Å². The third kappa shape index (κ3) is 4.73. The number of nitrogens with zero attached hydrogens (tertiary/aromatic N) is 1. The van der Waals surface area contributed by atoms with E-state index in [1.54, 1.807) is 0 Å². The molecule has 1 N–H and O–H groups in total. The van der Waals surface area contributed by atoms with Crippen molar-refractivity contribution in [3.8, 4) is 0 Å². The van der Waals surface area contributed by atoms with E-state index in [2.05, 4.69) is 17.1 Å². The van der Waals surface area contributed by atoms with Gasteiger partial charge in [-0.15, -0.1) is 0 Å². The van der Waals surface area contributed by atoms with Crippen LogP contribution in [0.4, 0.5) is 0 Å². The predicted octanol–water partition coefficient (Wildman–Crippen LogP) is 2.27. The highest BCUT2D eigenvalue weighted by Crippen LogP contribution is 2.34. The van der Waals surface area contributed by atoms with Gasteiger partial charge in [0.15, 0.2) is 0 Å². The van der Waals surface area contributed by atoms with E-state index in [1.807, 2.05) is 0 Å². The molecule has 0 amide bonds. The molecular formula is C16H30N2O. The maximum absolute atomic E-state index is 5.67. The van der Waals surface area contributed by atoms with Crippen molar-refractivity contribution in [1.82, 2.24) is 10.2 Å². The van der Waals surface area contributed by atoms with Crippen LogP contribution in [0.3, 0.4) is 0 Å². The number of hydrogen-bond donors (Lipinski definition) is 1. The van der Waals surface area contributed by atoms with E-state index in [9.17, 15) is 0 Å². The Labute approximate surface area is 118 Å². The second kappa shape index (κ2) is 6.55. The van der Waals surface area contributed by atoms with E-state index in [0.717, 1.165) is 31.5 Å². The summed E-state index contributed by atoms with van der Waals surface area (Å²) in [6, 6.07) is 0.683. The first kappa shape index (κ1) is 13.8. The number of ether oxygens (including phenoxy) is 1. The minimum absolute atomic E-state index is 0.479. The molecule has 0 spiro atoms. The lowest BCUT2D eigenvalue weighted by Crippen LogP contribution is -2.44. The molecule has 2 saturated carbocycles. The lowest BCUT2D eigenvalue weighted by molar-refractivity contribution is 0.106. The van der Waals surface area contributed by atoms with Crippen molar-refractivity contribution < 1.29 is 4.74 Å². The zero-order valence-electron chi connectivity index (χ0n) is 12.4. The van der Waals surface area contributed by atoms with Crippen molar-refractivity contribution in [2.24, 2.45) is 11.8 Å². The van der Waals surface area contributed by atoms with E-state index < -0.39 is 0 Å². The highest BCUT2D eigenvalue weighted by atomic mass is 16.5. The van der Waals surface area contributed by atoms with Crippen LogP contribution in [0.15, 0.2) is 0 Å². The van der Waals surface area contributed by atoms with Crippen LogP contribution in [0.25, 0.3) is 0 Å². The van der Waals surface area contributed by atoms with Gasteiger partial charge in [-0.2, -0.15) is 0 Å². The van der Waals surface area contributed by atoms with Crippen LogP contribution in [0.1, 0.15) is 45.4 Å². The number of hydrogen-bond acceptors (Lipinski definition) is 3. The molecule has 19 heavy (non-hydrogen) atoms. The van der Waals surface area contributed by atoms with Gasteiger partial charge < -0.3 is 10.1 Å². The Kier molecular flexibility index (Phi) is 4.78. The van der Waals surface area contributed by atoms with Crippen molar-refractivity contribution in [3.63, 3.8) is 0 Å². The van der Waals surface area contributed by atoms with Gasteiger partial charge in [-0.1, -0.05) is 0 Å². The second-order valence-corrected chi connectivity index (χ2v) is 6.98. The van der Waals surface area contributed by atoms with Crippen LogP contribution >= 0.6 is 0 Å². The minimum atomic E-state index is 0.479. The normalized spacial score (nSPS) is 29.1. The Bertz CT molecular complexity index is 256. The maximum Gasteiger partial charge on any atom is 0.0700 e. The molecular weight excluding hydrogens is 236 g/mol. The molecule has 1 saturated heterocycles. The SMILES string of the molecule is CC(CNCC1CCCO1)N(CC1CC1)CC1CC1. The zero-order valence-corrected chi connectivity index (χ0v) is 12.4. The molecule has 3 rings (SSSR count). The van der Waals surface area contributed by atoms with Crippen LogP contribution in [0.2, 0.25) is 0 Å². The molecule has 2 atom stereocenters. The molecule has 1 heterocycles. The van der Waals surface area contributed by atoms with E-state index in [1.165, 1.54) is 51.6 Å². The molecule has 1 aliphatic heterocycles. The Morgan fingerprint density at radius 2 is 1.79 bits per heavy atom. The van der Waals surface area contributed by atoms with E-state index >= 15 is 0 Å². The summed E-state index contributed by atoms with van der Waals surface area (Å²) in [6.45, 7) is 8.23. The summed E-state index contributed by atoms with van der Waals surface area (Å²) < 4.78 is 5.67. The molecule has 0 aromatic rings. The predicted molar refractivity (Wildman–Crippen MR) is 78.3 cm³/mol. The largest absolute Gasteiger partial charge is 0.377 e. The highest BCUT2D eigenvalue weighted by molar-refractivity contribution is 4.85. The van der Waals surface area contributed by atoms with Crippen molar-refractivity contribution in [2.75, 3.05) is 32.8 Å². The van der Waals surface area contributed by atoms with Gasteiger partial charge in [-0.25, -0.2) is 0 Å². The fourth-order valence-electron chi connectivity index (χ4n) is 3.09. The van der Waals surface area contributed by atoms with E-state index in [0.29, 0.717) is 12.1 Å². The molecule has 3 aliphatic rings. The molecule has 110 valence electrons. The first-order valence-electron chi connectivity index (χ1n) is 8.37. The van der Waals surface area contributed by atoms with Crippen LogP contribution in [-0.2, 0) is 4.74 Å². The molecule has 3 nitrogen and oxygen atoms in total. The fourth-order valence-corrected chi connectivity index (χ4v) is 3.09. The van der Waals surface area contributed by atoms with Crippen LogP contribution in [-0.4, -0.2) is 49.8 Å². The Morgan fingerprint density at radius 3 is 2.32 bits per heavy atom. The molecule has 2 unspecified atom stereocenters. The first-order valence-corrected chi connectivity index (χ1v) is 8.37. The van der Waals surface area contributed by atoms with Crippen LogP contribution in [0.5, 0.6) is 0 Å². The van der Waals surface area contributed by atoms with Crippen molar-refractivity contribution >= 4 is 0 Å². The molecule has 0 radical (unpaired) electrons. The van der Waals surface area contributed by atoms with Gasteiger partial charge in [-0.05, 0) is 57.3 Å². The standard InChI is InChI=1S/C16H30N2O/c1-13(9-17-10-16-3-2-8-19-16)18(11-14-4-5-14)12-15-6-7-15/h13-17H,2-12H2,1H3. The average molecular weight is 266 g/mol. The number of nitrogens with one attached hydrogen (secondary N) is 1. The van der Waals surface area contributed by atoms with Crippen molar-refractivity contribution in [1.29, 1.82) is 0 Å². The van der Waals surface area contributed by atoms with Crippen LogP contribution in [0, 0.1) is 11.8 Å². The summed E-state index contributed by atoms with van der Waals surface area (Å²) >= 11 is 0. The minimum Gasteiger partial charge on any atom is -0.377 e. The van der Waals surface area contributed by atoms with Crippen LogP contribution < -0.4 is 5.32 Å². The first-order chi connectivity index (χ1) is 9.31. The third-order valence-corrected chi connectivity index (χ3v) is 4.84. The summed E-state index contributed by atoms with van der Waals surface area (Å²) in [5.74, 6) is 2.03. The van der Waals surface area contributed by atoms with Crippen molar-refractivity contribution in [2.45, 2.75) is 57.6 Å². The second-order valence-electron chi connectivity index (χ2n) is 6.98. The van der Waals surface area contributed by atoms with Crippen molar-refractivity contribution in [3.05, 3.63) is 0 Å². The summed E-state index contributed by atoms with van der Waals surface area (Å²) in [7, 11) is 0. The molecule has 2 aliphatic carbocycles. The average Bonchev–Trinajstić information content (AvgIpc) is 3.32. The molecule has 3 heteroatoms. The van der Waals surface area contributed by atoms with Gasteiger partial charge >= 0.3 is 0 Å². The van der Waals surface area contributed by atoms with E-state index in [-0.39, 0.29) is 0 Å².